The predicted octanol–water partition coefficient (Wildman–Crippen LogP) is 4.64. The minimum Gasteiger partial charge on any atom is -0.0619 e. The molecule has 0 aromatic heterocycles. The molecule has 0 atom stereocenters. The summed E-state index contributed by atoms with van der Waals surface area (Å²) in [5, 5.41) is 0. The van der Waals surface area contributed by atoms with Crippen molar-refractivity contribution >= 4 is 15.9 Å². The molecule has 0 bridgehead atoms. The Balaban J connectivity index is 2.34. The van der Waals surface area contributed by atoms with Crippen LogP contribution in [0.5, 0.6) is 0 Å². The number of hydrogen-bond acceptors (Lipinski definition) is 0. The topological polar surface area (TPSA) is 0 Å². The van der Waals surface area contributed by atoms with Gasteiger partial charge in [-0.15, -0.1) is 0 Å². The minimum atomic E-state index is 1.08. The lowest BCUT2D eigenvalue weighted by atomic mass is 9.99. The lowest BCUT2D eigenvalue weighted by molar-refractivity contribution is 1.19. The second-order valence-electron chi connectivity index (χ2n) is 4.49. The van der Waals surface area contributed by atoms with Gasteiger partial charge >= 0.3 is 0 Å². The van der Waals surface area contributed by atoms with Crippen molar-refractivity contribution in [3.63, 3.8) is 0 Å². The molecule has 0 saturated heterocycles. The molecule has 0 unspecified atom stereocenters. The summed E-state index contributed by atoms with van der Waals surface area (Å²) in [7, 11) is 0. The summed E-state index contributed by atoms with van der Waals surface area (Å²) in [4.78, 5) is 0. The average molecular weight is 273 g/mol. The third-order valence-corrected chi connectivity index (χ3v) is 4.71. The van der Waals surface area contributed by atoms with Gasteiger partial charge in [0.15, 0.2) is 0 Å². The molecule has 0 amide bonds. The van der Waals surface area contributed by atoms with Gasteiger partial charge in [0.2, 0.25) is 0 Å². The Kier molecular flexibility index (Phi) is 2.18. The number of halogens is 1. The highest BCUT2D eigenvalue weighted by molar-refractivity contribution is 9.10. The Bertz CT molecular complexity index is 582. The van der Waals surface area contributed by atoms with E-state index in [1.807, 2.05) is 0 Å². The van der Waals surface area contributed by atoms with Gasteiger partial charge in [-0.2, -0.15) is 0 Å². The molecular formula is C15H13Br. The number of aryl methyl sites for hydroxylation is 1. The van der Waals surface area contributed by atoms with Crippen molar-refractivity contribution in [3.05, 3.63) is 57.1 Å². The fourth-order valence-corrected chi connectivity index (χ4v) is 2.95. The molecule has 1 heteroatoms. The van der Waals surface area contributed by atoms with Crippen LogP contribution in [0.1, 0.15) is 22.3 Å². The van der Waals surface area contributed by atoms with E-state index in [1.54, 1.807) is 0 Å². The van der Waals surface area contributed by atoms with Gasteiger partial charge in [-0.1, -0.05) is 40.2 Å². The maximum Gasteiger partial charge on any atom is 0.0236 e. The summed E-state index contributed by atoms with van der Waals surface area (Å²) in [6.45, 7) is 4.38. The summed E-state index contributed by atoms with van der Waals surface area (Å²) in [5.74, 6) is 0. The molecule has 0 N–H and O–H groups in total. The van der Waals surface area contributed by atoms with Crippen LogP contribution in [0.25, 0.3) is 11.1 Å². The fourth-order valence-electron chi connectivity index (χ4n) is 2.59. The zero-order valence-electron chi connectivity index (χ0n) is 9.47. The van der Waals surface area contributed by atoms with Gasteiger partial charge in [0.05, 0.1) is 0 Å². The van der Waals surface area contributed by atoms with E-state index in [0.29, 0.717) is 0 Å². The SMILES string of the molecule is Cc1cc2c(c(C)c1Br)Cc1ccccc1-2. The van der Waals surface area contributed by atoms with Gasteiger partial charge in [-0.05, 0) is 59.7 Å². The molecule has 0 spiro atoms. The van der Waals surface area contributed by atoms with Crippen LogP contribution in [0.2, 0.25) is 0 Å². The van der Waals surface area contributed by atoms with Gasteiger partial charge in [-0.3, -0.25) is 0 Å². The summed E-state index contributed by atoms with van der Waals surface area (Å²) in [5.41, 5.74) is 8.50. The van der Waals surface area contributed by atoms with E-state index in [1.165, 1.54) is 37.9 Å². The van der Waals surface area contributed by atoms with Crippen LogP contribution in [0, 0.1) is 13.8 Å². The van der Waals surface area contributed by atoms with Crippen molar-refractivity contribution < 1.29 is 0 Å². The molecule has 0 radical (unpaired) electrons. The highest BCUT2D eigenvalue weighted by atomic mass is 79.9. The number of rotatable bonds is 0. The molecule has 1 aliphatic carbocycles. The highest BCUT2D eigenvalue weighted by Crippen LogP contribution is 2.41. The van der Waals surface area contributed by atoms with Gasteiger partial charge in [0.1, 0.15) is 0 Å². The Morgan fingerprint density at radius 3 is 2.62 bits per heavy atom. The first-order valence-corrected chi connectivity index (χ1v) is 6.34. The van der Waals surface area contributed by atoms with E-state index in [9.17, 15) is 0 Å². The molecule has 80 valence electrons. The first-order valence-electron chi connectivity index (χ1n) is 5.55. The van der Waals surface area contributed by atoms with Gasteiger partial charge in [0, 0.05) is 4.47 Å². The maximum atomic E-state index is 3.68. The van der Waals surface area contributed by atoms with E-state index in [2.05, 4.69) is 60.1 Å². The van der Waals surface area contributed by atoms with Crippen LogP contribution in [0.3, 0.4) is 0 Å². The number of benzene rings is 2. The van der Waals surface area contributed by atoms with Crippen molar-refractivity contribution in [2.75, 3.05) is 0 Å². The molecule has 2 aromatic rings. The quantitative estimate of drug-likeness (QED) is 0.560. The zero-order chi connectivity index (χ0) is 11.3. The third kappa shape index (κ3) is 1.28. The summed E-state index contributed by atoms with van der Waals surface area (Å²) >= 11 is 3.68. The van der Waals surface area contributed by atoms with E-state index < -0.39 is 0 Å². The Hall–Kier alpha value is -1.08. The second-order valence-corrected chi connectivity index (χ2v) is 5.29. The monoisotopic (exact) mass is 272 g/mol. The summed E-state index contributed by atoms with van der Waals surface area (Å²) in [6.07, 6.45) is 1.08. The zero-order valence-corrected chi connectivity index (χ0v) is 11.1. The minimum absolute atomic E-state index is 1.08. The third-order valence-electron chi connectivity index (χ3n) is 3.49. The molecule has 3 rings (SSSR count). The lowest BCUT2D eigenvalue weighted by Crippen LogP contribution is -1.90. The molecular weight excluding hydrogens is 260 g/mol. The fraction of sp³-hybridized carbons (Fsp3) is 0.200. The predicted molar refractivity (Wildman–Crippen MR) is 71.9 cm³/mol. The van der Waals surface area contributed by atoms with Crippen LogP contribution < -0.4 is 0 Å². The van der Waals surface area contributed by atoms with Crippen molar-refractivity contribution in [2.45, 2.75) is 20.3 Å². The smallest absolute Gasteiger partial charge is 0.0236 e. The van der Waals surface area contributed by atoms with E-state index in [-0.39, 0.29) is 0 Å². The van der Waals surface area contributed by atoms with E-state index in [4.69, 9.17) is 0 Å². The van der Waals surface area contributed by atoms with Crippen LogP contribution in [-0.2, 0) is 6.42 Å². The van der Waals surface area contributed by atoms with E-state index in [0.717, 1.165) is 6.42 Å². The summed E-state index contributed by atoms with van der Waals surface area (Å²) in [6, 6.07) is 11.0. The standard InChI is InChI=1S/C15H13Br/c1-9-7-14-12-6-4-3-5-11(12)8-13(14)10(2)15(9)16/h3-7H,8H2,1-2H3. The Morgan fingerprint density at radius 2 is 1.81 bits per heavy atom. The number of fused-ring (bicyclic) bond motifs is 3. The number of hydrogen-bond donors (Lipinski definition) is 0. The highest BCUT2D eigenvalue weighted by Gasteiger charge is 2.21. The van der Waals surface area contributed by atoms with Crippen LogP contribution in [0.4, 0.5) is 0 Å². The average Bonchev–Trinajstić information content (AvgIpc) is 2.65. The van der Waals surface area contributed by atoms with Crippen molar-refractivity contribution in [1.29, 1.82) is 0 Å². The Labute approximate surface area is 104 Å². The summed E-state index contributed by atoms with van der Waals surface area (Å²) < 4.78 is 1.26. The normalized spacial score (nSPS) is 12.4. The van der Waals surface area contributed by atoms with Crippen LogP contribution in [-0.4, -0.2) is 0 Å². The second kappa shape index (κ2) is 3.46. The van der Waals surface area contributed by atoms with Crippen molar-refractivity contribution in [1.82, 2.24) is 0 Å². The van der Waals surface area contributed by atoms with E-state index >= 15 is 0 Å². The first-order chi connectivity index (χ1) is 7.68. The van der Waals surface area contributed by atoms with Gasteiger partial charge in [0.25, 0.3) is 0 Å². The first kappa shape index (κ1) is 10.1. The molecule has 0 heterocycles. The molecule has 16 heavy (non-hydrogen) atoms. The molecule has 0 saturated carbocycles. The molecule has 0 aliphatic heterocycles. The molecule has 1 aliphatic rings. The van der Waals surface area contributed by atoms with Gasteiger partial charge in [-0.25, -0.2) is 0 Å². The lowest BCUT2D eigenvalue weighted by Gasteiger charge is -2.09. The van der Waals surface area contributed by atoms with Crippen LogP contribution in [0.15, 0.2) is 34.8 Å². The molecule has 2 aromatic carbocycles. The Morgan fingerprint density at radius 1 is 1.06 bits per heavy atom. The molecule has 0 fully saturated rings. The van der Waals surface area contributed by atoms with Crippen molar-refractivity contribution in [2.24, 2.45) is 0 Å². The van der Waals surface area contributed by atoms with Crippen LogP contribution >= 0.6 is 15.9 Å². The molecule has 0 nitrogen and oxygen atoms in total. The van der Waals surface area contributed by atoms with Crippen molar-refractivity contribution in [3.8, 4) is 11.1 Å². The maximum absolute atomic E-state index is 3.68. The largest absolute Gasteiger partial charge is 0.0619 e. The van der Waals surface area contributed by atoms with Gasteiger partial charge < -0.3 is 0 Å².